The Morgan fingerprint density at radius 3 is 2.85 bits per heavy atom. The van der Waals surface area contributed by atoms with E-state index in [0.29, 0.717) is 31.0 Å². The predicted octanol–water partition coefficient (Wildman–Crippen LogP) is 0.0615. The summed E-state index contributed by atoms with van der Waals surface area (Å²) in [6.07, 6.45) is 0.330. The summed E-state index contributed by atoms with van der Waals surface area (Å²) in [7, 11) is 1.49. The summed E-state index contributed by atoms with van der Waals surface area (Å²) >= 11 is 0. The molecule has 26 heavy (non-hydrogen) atoms. The largest absolute Gasteiger partial charge is 0.480 e. The van der Waals surface area contributed by atoms with Crippen LogP contribution in [0.4, 0.5) is 0 Å². The van der Waals surface area contributed by atoms with Crippen molar-refractivity contribution >= 4 is 11.8 Å². The molecule has 8 heteroatoms. The molecular formula is C18H26N4O4. The van der Waals surface area contributed by atoms with Gasteiger partial charge in [0.1, 0.15) is 5.56 Å². The molecule has 1 N–H and O–H groups in total. The Morgan fingerprint density at radius 1 is 1.35 bits per heavy atom. The number of likely N-dealkylation sites (tertiary alicyclic amines) is 1. The Balaban J connectivity index is 1.53. The molecule has 0 aliphatic carbocycles. The molecule has 0 aromatic carbocycles. The molecule has 2 amide bonds. The van der Waals surface area contributed by atoms with Crippen molar-refractivity contribution in [1.82, 2.24) is 20.1 Å². The molecule has 2 aliphatic heterocycles. The number of nitrogens with one attached hydrogen (secondary N) is 1. The highest BCUT2D eigenvalue weighted by atomic mass is 16.5. The number of carbonyl (C=O) groups is 2. The molecule has 1 unspecified atom stereocenters. The summed E-state index contributed by atoms with van der Waals surface area (Å²) < 4.78 is 10.5. The van der Waals surface area contributed by atoms with Gasteiger partial charge in [0.05, 0.1) is 26.4 Å². The summed E-state index contributed by atoms with van der Waals surface area (Å²) in [4.78, 5) is 33.1. The topological polar surface area (TPSA) is 84.0 Å². The van der Waals surface area contributed by atoms with E-state index in [1.165, 1.54) is 7.11 Å². The second-order valence-corrected chi connectivity index (χ2v) is 6.68. The average molecular weight is 362 g/mol. The van der Waals surface area contributed by atoms with E-state index in [2.05, 4.69) is 15.2 Å². The average Bonchev–Trinajstić information content (AvgIpc) is 2.99. The van der Waals surface area contributed by atoms with Crippen molar-refractivity contribution in [1.29, 1.82) is 0 Å². The van der Waals surface area contributed by atoms with Crippen LogP contribution in [0.3, 0.4) is 0 Å². The molecule has 8 nitrogen and oxygen atoms in total. The van der Waals surface area contributed by atoms with Crippen molar-refractivity contribution in [2.45, 2.75) is 19.4 Å². The van der Waals surface area contributed by atoms with Crippen LogP contribution in [0.1, 0.15) is 22.5 Å². The zero-order valence-corrected chi connectivity index (χ0v) is 15.4. The number of methoxy groups -OCH3 is 1. The van der Waals surface area contributed by atoms with Crippen LogP contribution in [0, 0.1) is 6.92 Å². The Kier molecular flexibility index (Phi) is 6.05. The zero-order valence-electron chi connectivity index (χ0n) is 15.4. The van der Waals surface area contributed by atoms with Gasteiger partial charge in [0.2, 0.25) is 11.8 Å². The van der Waals surface area contributed by atoms with E-state index >= 15 is 0 Å². The molecule has 1 aromatic rings. The minimum Gasteiger partial charge on any atom is -0.480 e. The lowest BCUT2D eigenvalue weighted by atomic mass is 10.2. The summed E-state index contributed by atoms with van der Waals surface area (Å²) in [5, 5.41) is 2.93. The van der Waals surface area contributed by atoms with Crippen LogP contribution in [0.15, 0.2) is 12.1 Å². The van der Waals surface area contributed by atoms with E-state index in [-0.39, 0.29) is 17.9 Å². The van der Waals surface area contributed by atoms with Crippen molar-refractivity contribution in [3.8, 4) is 5.88 Å². The van der Waals surface area contributed by atoms with Crippen LogP contribution < -0.4 is 10.1 Å². The summed E-state index contributed by atoms with van der Waals surface area (Å²) in [6, 6.07) is 3.28. The van der Waals surface area contributed by atoms with Gasteiger partial charge in [-0.3, -0.25) is 14.5 Å². The predicted molar refractivity (Wildman–Crippen MR) is 95.2 cm³/mol. The molecule has 0 saturated carbocycles. The van der Waals surface area contributed by atoms with Gasteiger partial charge in [-0.25, -0.2) is 4.98 Å². The first-order chi connectivity index (χ1) is 12.6. The second-order valence-electron chi connectivity index (χ2n) is 6.68. The van der Waals surface area contributed by atoms with Crippen molar-refractivity contribution in [2.24, 2.45) is 0 Å². The lowest BCUT2D eigenvalue weighted by Gasteiger charge is -2.28. The second kappa shape index (κ2) is 8.46. The molecule has 1 atom stereocenters. The first kappa shape index (κ1) is 18.6. The highest BCUT2D eigenvalue weighted by Crippen LogP contribution is 2.17. The molecule has 0 spiro atoms. The van der Waals surface area contributed by atoms with E-state index in [1.54, 1.807) is 12.1 Å². The molecule has 3 heterocycles. The van der Waals surface area contributed by atoms with Gasteiger partial charge in [-0.2, -0.15) is 0 Å². The molecule has 0 radical (unpaired) electrons. The maximum Gasteiger partial charge on any atom is 0.257 e. The van der Waals surface area contributed by atoms with Gasteiger partial charge in [0, 0.05) is 44.8 Å². The van der Waals surface area contributed by atoms with Crippen molar-refractivity contribution in [3.05, 3.63) is 23.4 Å². The number of hydrogen-bond acceptors (Lipinski definition) is 6. The van der Waals surface area contributed by atoms with E-state index < -0.39 is 0 Å². The lowest BCUT2D eigenvalue weighted by molar-refractivity contribution is -0.128. The normalized spacial score (nSPS) is 21.1. The van der Waals surface area contributed by atoms with E-state index in [9.17, 15) is 9.59 Å². The Bertz CT molecular complexity index is 661. The highest BCUT2D eigenvalue weighted by molar-refractivity contribution is 5.97. The fourth-order valence-electron chi connectivity index (χ4n) is 3.30. The molecule has 2 aliphatic rings. The number of morpholine rings is 1. The van der Waals surface area contributed by atoms with E-state index in [4.69, 9.17) is 9.47 Å². The third-order valence-electron chi connectivity index (χ3n) is 4.78. The standard InChI is InChI=1S/C18H26N4O4/c1-13-3-4-15(18(19-13)25-2)17(24)20-14-11-16(23)22(12-14)6-5-21-7-9-26-10-8-21/h3-4,14H,5-12H2,1-2H3,(H,20,24). The number of amides is 2. The minimum absolute atomic E-state index is 0.0811. The molecule has 2 saturated heterocycles. The SMILES string of the molecule is COc1nc(C)ccc1C(=O)NC1CC(=O)N(CCN2CCOCC2)C1. The van der Waals surface area contributed by atoms with Crippen LogP contribution in [0.25, 0.3) is 0 Å². The van der Waals surface area contributed by atoms with Crippen molar-refractivity contribution in [2.75, 3.05) is 53.0 Å². The molecule has 0 bridgehead atoms. The number of pyridine rings is 1. The van der Waals surface area contributed by atoms with Gasteiger partial charge < -0.3 is 19.7 Å². The number of nitrogens with zero attached hydrogens (tertiary/aromatic N) is 3. The van der Waals surface area contributed by atoms with Gasteiger partial charge in [0.15, 0.2) is 0 Å². The van der Waals surface area contributed by atoms with Crippen LogP contribution in [0.5, 0.6) is 5.88 Å². The van der Waals surface area contributed by atoms with Gasteiger partial charge in [-0.05, 0) is 19.1 Å². The first-order valence-electron chi connectivity index (χ1n) is 8.97. The quantitative estimate of drug-likeness (QED) is 0.771. The van der Waals surface area contributed by atoms with Gasteiger partial charge >= 0.3 is 0 Å². The van der Waals surface area contributed by atoms with Crippen molar-refractivity contribution < 1.29 is 19.1 Å². The van der Waals surface area contributed by atoms with Gasteiger partial charge in [-0.1, -0.05) is 0 Å². The smallest absolute Gasteiger partial charge is 0.257 e. The number of hydrogen-bond donors (Lipinski definition) is 1. The molecule has 3 rings (SSSR count). The molecule has 2 fully saturated rings. The Morgan fingerprint density at radius 2 is 2.12 bits per heavy atom. The van der Waals surface area contributed by atoms with Crippen LogP contribution in [-0.2, 0) is 9.53 Å². The van der Waals surface area contributed by atoms with Crippen molar-refractivity contribution in [3.63, 3.8) is 0 Å². The number of ether oxygens (including phenoxy) is 2. The summed E-state index contributed by atoms with van der Waals surface area (Å²) in [6.45, 7) is 7.21. The molecular weight excluding hydrogens is 336 g/mol. The lowest BCUT2D eigenvalue weighted by Crippen LogP contribution is -2.42. The van der Waals surface area contributed by atoms with Gasteiger partial charge in [0.25, 0.3) is 5.91 Å². The molecule has 1 aromatic heterocycles. The summed E-state index contributed by atoms with van der Waals surface area (Å²) in [5.74, 6) is 0.121. The zero-order chi connectivity index (χ0) is 18.5. The monoisotopic (exact) mass is 362 g/mol. The number of aryl methyl sites for hydroxylation is 1. The summed E-state index contributed by atoms with van der Waals surface area (Å²) in [5.41, 5.74) is 1.17. The maximum atomic E-state index is 12.5. The number of aromatic nitrogens is 1. The Hall–Kier alpha value is -2.19. The first-order valence-corrected chi connectivity index (χ1v) is 8.97. The van der Waals surface area contributed by atoms with Crippen LogP contribution >= 0.6 is 0 Å². The highest BCUT2D eigenvalue weighted by Gasteiger charge is 2.31. The fraction of sp³-hybridized carbons (Fsp3) is 0.611. The maximum absolute atomic E-state index is 12.5. The van der Waals surface area contributed by atoms with E-state index in [0.717, 1.165) is 38.5 Å². The van der Waals surface area contributed by atoms with Crippen LogP contribution in [-0.4, -0.2) is 85.7 Å². The van der Waals surface area contributed by atoms with Crippen LogP contribution in [0.2, 0.25) is 0 Å². The molecule has 142 valence electrons. The Labute approximate surface area is 153 Å². The van der Waals surface area contributed by atoms with Gasteiger partial charge in [-0.15, -0.1) is 0 Å². The number of rotatable bonds is 6. The van der Waals surface area contributed by atoms with E-state index in [1.807, 2.05) is 11.8 Å². The minimum atomic E-state index is -0.262. The number of carbonyl (C=O) groups excluding carboxylic acids is 2. The third kappa shape index (κ3) is 4.50. The fourth-order valence-corrected chi connectivity index (χ4v) is 3.30. The third-order valence-corrected chi connectivity index (χ3v) is 4.78.